The second-order valence-electron chi connectivity index (χ2n) is 10.1. The molecule has 1 N–H and O–H groups in total. The minimum atomic E-state index is -0.0671. The van der Waals surface area contributed by atoms with Crippen molar-refractivity contribution in [2.24, 2.45) is 5.41 Å². The fourth-order valence-corrected chi connectivity index (χ4v) is 4.94. The van der Waals surface area contributed by atoms with Gasteiger partial charge < -0.3 is 15.1 Å². The van der Waals surface area contributed by atoms with E-state index in [4.69, 9.17) is 0 Å². The summed E-state index contributed by atoms with van der Waals surface area (Å²) in [7, 11) is 4.25. The Morgan fingerprint density at radius 1 is 1.11 bits per heavy atom. The van der Waals surface area contributed by atoms with E-state index in [1.807, 2.05) is 4.90 Å². The highest BCUT2D eigenvalue weighted by Crippen LogP contribution is 2.30. The van der Waals surface area contributed by atoms with Crippen LogP contribution in [0, 0.1) is 5.41 Å². The first-order valence-electron chi connectivity index (χ1n) is 10.9. The number of rotatable bonds is 4. The fraction of sp³-hybridized carbons (Fsp3) is 0.905. The number of hydrogen-bond donors (Lipinski definition) is 1. The lowest BCUT2D eigenvalue weighted by Crippen LogP contribution is -2.51. The first-order valence-corrected chi connectivity index (χ1v) is 10.9. The molecule has 28 heavy (non-hydrogen) atoms. The van der Waals surface area contributed by atoms with Gasteiger partial charge >= 0.3 is 0 Å². The summed E-state index contributed by atoms with van der Waals surface area (Å²) in [6, 6.07) is 0.404. The van der Waals surface area contributed by atoms with E-state index in [1.165, 1.54) is 0 Å². The monoisotopic (exact) mass is 393 g/mol. The van der Waals surface area contributed by atoms with Crippen molar-refractivity contribution in [3.8, 4) is 0 Å². The van der Waals surface area contributed by atoms with Gasteiger partial charge in [-0.15, -0.1) is 0 Å². The molecule has 0 spiro atoms. The Morgan fingerprint density at radius 3 is 2.43 bits per heavy atom. The van der Waals surface area contributed by atoms with Crippen molar-refractivity contribution in [3.05, 3.63) is 0 Å². The van der Waals surface area contributed by atoms with Crippen molar-refractivity contribution in [1.29, 1.82) is 0 Å². The molecule has 3 heterocycles. The molecule has 0 aromatic carbocycles. The molecule has 2 amide bonds. The molecule has 0 aromatic heterocycles. The molecule has 0 unspecified atom stereocenters. The van der Waals surface area contributed by atoms with Crippen molar-refractivity contribution >= 4 is 11.8 Å². The van der Waals surface area contributed by atoms with Gasteiger partial charge in [-0.3, -0.25) is 19.4 Å². The average Bonchev–Trinajstić information content (AvgIpc) is 2.98. The maximum absolute atomic E-state index is 12.8. The van der Waals surface area contributed by atoms with Crippen LogP contribution in [0.3, 0.4) is 0 Å². The molecule has 0 bridgehead atoms. The second kappa shape index (κ2) is 8.67. The first-order chi connectivity index (χ1) is 13.2. The van der Waals surface area contributed by atoms with Gasteiger partial charge in [0.05, 0.1) is 0 Å². The minimum Gasteiger partial charge on any atom is -0.353 e. The van der Waals surface area contributed by atoms with Crippen molar-refractivity contribution < 1.29 is 9.59 Å². The number of nitrogens with one attached hydrogen (secondary N) is 1. The van der Waals surface area contributed by atoms with Gasteiger partial charge in [-0.2, -0.15) is 0 Å². The molecule has 160 valence electrons. The highest BCUT2D eigenvalue weighted by Gasteiger charge is 2.45. The molecule has 3 atom stereocenters. The Labute approximate surface area is 170 Å². The number of likely N-dealkylation sites (N-methyl/N-ethyl adjacent to an activating group) is 2. The zero-order valence-corrected chi connectivity index (χ0v) is 18.4. The smallest absolute Gasteiger partial charge is 0.239 e. The zero-order chi connectivity index (χ0) is 20.5. The molecule has 3 aliphatic heterocycles. The SMILES string of the molecule is CN1CCN(C(=O)CC[C@H]2CNC(=O)[C@@H]3[C@@H](CCN3CC(C)(C)C)N2C)CC1. The summed E-state index contributed by atoms with van der Waals surface area (Å²) in [4.78, 5) is 34.5. The van der Waals surface area contributed by atoms with Crippen LogP contribution in [-0.2, 0) is 9.59 Å². The van der Waals surface area contributed by atoms with Gasteiger partial charge in [0.15, 0.2) is 0 Å². The number of nitrogens with zero attached hydrogens (tertiary/aromatic N) is 4. The highest BCUT2D eigenvalue weighted by molar-refractivity contribution is 5.83. The van der Waals surface area contributed by atoms with E-state index in [9.17, 15) is 9.59 Å². The highest BCUT2D eigenvalue weighted by atomic mass is 16.2. The molecule has 0 aromatic rings. The molecule has 3 fully saturated rings. The summed E-state index contributed by atoms with van der Waals surface area (Å²) in [5.41, 5.74) is 0.175. The van der Waals surface area contributed by atoms with E-state index in [2.05, 4.69) is 54.9 Å². The average molecular weight is 394 g/mol. The summed E-state index contributed by atoms with van der Waals surface area (Å²) < 4.78 is 0. The Bertz CT molecular complexity index is 568. The summed E-state index contributed by atoms with van der Waals surface area (Å²) >= 11 is 0. The van der Waals surface area contributed by atoms with Gasteiger partial charge in [0.25, 0.3) is 0 Å². The molecule has 0 radical (unpaired) electrons. The standard InChI is InChI=1S/C21H39N5O2/c1-21(2,3)15-26-9-8-17-19(26)20(28)22-14-16(24(17)5)6-7-18(27)25-12-10-23(4)11-13-25/h16-17,19H,6-15H2,1-5H3,(H,22,28)/t16-,17+,19-/m0/s1. The number of hydrogen-bond acceptors (Lipinski definition) is 5. The van der Waals surface area contributed by atoms with Crippen LogP contribution in [0.2, 0.25) is 0 Å². The summed E-state index contributed by atoms with van der Waals surface area (Å²) in [5, 5.41) is 3.17. The fourth-order valence-electron chi connectivity index (χ4n) is 4.94. The van der Waals surface area contributed by atoms with Gasteiger partial charge in [-0.05, 0) is 32.4 Å². The van der Waals surface area contributed by atoms with Gasteiger partial charge in [0, 0.05) is 64.3 Å². The molecular weight excluding hydrogens is 354 g/mol. The Balaban J connectivity index is 1.58. The lowest BCUT2D eigenvalue weighted by atomic mass is 9.95. The number of likely N-dealkylation sites (tertiary alicyclic amines) is 1. The van der Waals surface area contributed by atoms with Crippen LogP contribution in [0.4, 0.5) is 0 Å². The first kappa shape index (κ1) is 21.5. The van der Waals surface area contributed by atoms with Gasteiger partial charge in [-0.25, -0.2) is 0 Å². The normalized spacial score (nSPS) is 30.8. The van der Waals surface area contributed by atoms with E-state index in [0.717, 1.165) is 52.1 Å². The van der Waals surface area contributed by atoms with E-state index in [0.29, 0.717) is 13.0 Å². The largest absolute Gasteiger partial charge is 0.353 e. The van der Waals surface area contributed by atoms with Crippen LogP contribution in [-0.4, -0.2) is 109 Å². The number of carbonyl (C=O) groups is 2. The Kier molecular flexibility index (Phi) is 6.67. The van der Waals surface area contributed by atoms with Gasteiger partial charge in [0.2, 0.25) is 11.8 Å². The van der Waals surface area contributed by atoms with Crippen molar-refractivity contribution in [2.45, 2.75) is 58.2 Å². The third-order valence-electron chi connectivity index (χ3n) is 6.57. The molecule has 7 heteroatoms. The second-order valence-corrected chi connectivity index (χ2v) is 10.1. The molecule has 7 nitrogen and oxygen atoms in total. The third kappa shape index (κ3) is 5.05. The summed E-state index contributed by atoms with van der Waals surface area (Å²) in [5.74, 6) is 0.417. The predicted octanol–water partition coefficient (Wildman–Crippen LogP) is 0.460. The number of amides is 2. The number of carbonyl (C=O) groups excluding carboxylic acids is 2. The van der Waals surface area contributed by atoms with E-state index in [1.54, 1.807) is 0 Å². The van der Waals surface area contributed by atoms with Crippen molar-refractivity contribution in [3.63, 3.8) is 0 Å². The molecule has 0 aliphatic carbocycles. The zero-order valence-electron chi connectivity index (χ0n) is 18.4. The van der Waals surface area contributed by atoms with Gasteiger partial charge in [0.1, 0.15) is 6.04 Å². The van der Waals surface area contributed by atoms with Gasteiger partial charge in [-0.1, -0.05) is 20.8 Å². The van der Waals surface area contributed by atoms with Crippen LogP contribution in [0.5, 0.6) is 0 Å². The molecule has 3 rings (SSSR count). The topological polar surface area (TPSA) is 59.1 Å². The molecule has 0 saturated carbocycles. The third-order valence-corrected chi connectivity index (χ3v) is 6.57. The Morgan fingerprint density at radius 2 is 1.79 bits per heavy atom. The molecule has 3 saturated heterocycles. The van der Waals surface area contributed by atoms with Crippen molar-refractivity contribution in [2.75, 3.05) is 59.9 Å². The van der Waals surface area contributed by atoms with Crippen LogP contribution >= 0.6 is 0 Å². The lowest BCUT2D eigenvalue weighted by Gasteiger charge is -2.35. The summed E-state index contributed by atoms with van der Waals surface area (Å²) in [6.45, 7) is 12.8. The van der Waals surface area contributed by atoms with E-state index >= 15 is 0 Å². The maximum atomic E-state index is 12.8. The summed E-state index contributed by atoms with van der Waals surface area (Å²) in [6.07, 6.45) is 2.40. The minimum absolute atomic E-state index is 0.0671. The van der Waals surface area contributed by atoms with Crippen LogP contribution < -0.4 is 5.32 Å². The maximum Gasteiger partial charge on any atom is 0.239 e. The number of fused-ring (bicyclic) bond motifs is 1. The van der Waals surface area contributed by atoms with Crippen molar-refractivity contribution in [1.82, 2.24) is 24.9 Å². The molecule has 3 aliphatic rings. The number of piperazine rings is 1. The predicted molar refractivity (Wildman–Crippen MR) is 111 cm³/mol. The lowest BCUT2D eigenvalue weighted by molar-refractivity contribution is -0.133. The van der Waals surface area contributed by atoms with Crippen LogP contribution in [0.15, 0.2) is 0 Å². The van der Waals surface area contributed by atoms with Crippen LogP contribution in [0.1, 0.15) is 40.0 Å². The molecular formula is C21H39N5O2. The van der Waals surface area contributed by atoms with Crippen LogP contribution in [0.25, 0.3) is 0 Å². The quantitative estimate of drug-likeness (QED) is 0.752. The van der Waals surface area contributed by atoms with E-state index < -0.39 is 0 Å². The Hall–Kier alpha value is -1.18. The van der Waals surface area contributed by atoms with E-state index in [-0.39, 0.29) is 35.4 Å².